The maximum atomic E-state index is 13.5. The summed E-state index contributed by atoms with van der Waals surface area (Å²) in [6, 6.07) is 0.0196. The molecular weight excluding hydrogens is 686 g/mol. The molecule has 0 saturated carbocycles. The number of amides is 1. The lowest BCUT2D eigenvalue weighted by Gasteiger charge is -2.09. The van der Waals surface area contributed by atoms with Gasteiger partial charge in [-0.15, -0.1) is 0 Å². The van der Waals surface area contributed by atoms with Crippen LogP contribution in [0.3, 0.4) is 0 Å². The lowest BCUT2D eigenvalue weighted by atomic mass is 10.2. The summed E-state index contributed by atoms with van der Waals surface area (Å²) in [6.07, 6.45) is 27.2. The van der Waals surface area contributed by atoms with E-state index in [1.807, 2.05) is 0 Å². The molecule has 0 saturated heterocycles. The second kappa shape index (κ2) is 33.5. The van der Waals surface area contributed by atoms with Crippen molar-refractivity contribution in [3.63, 3.8) is 0 Å². The third-order valence-corrected chi connectivity index (χ3v) is 7.03. The quantitative estimate of drug-likeness (QED) is 0.0194. The van der Waals surface area contributed by atoms with Crippen LogP contribution in [0.5, 0.6) is 5.75 Å². The van der Waals surface area contributed by atoms with Gasteiger partial charge in [-0.1, -0.05) is 68.4 Å². The summed E-state index contributed by atoms with van der Waals surface area (Å²) in [5, 5.41) is 2.85. The fourth-order valence-corrected chi connectivity index (χ4v) is 4.24. The van der Waals surface area contributed by atoms with E-state index in [2.05, 4.69) is 65.6 Å². The largest absolute Gasteiger partial charge is 0.420 e. The molecule has 0 aliphatic heterocycles. The third kappa shape index (κ3) is 26.4. The van der Waals surface area contributed by atoms with Gasteiger partial charge in [-0.2, -0.15) is 8.78 Å². The Balaban J connectivity index is 1.82. The first-order chi connectivity index (χ1) is 25.4. The molecule has 0 atom stereocenters. The summed E-state index contributed by atoms with van der Waals surface area (Å²) >= 11 is 0. The van der Waals surface area contributed by atoms with Crippen LogP contribution >= 0.6 is 0 Å². The number of benzene rings is 1. The van der Waals surface area contributed by atoms with Crippen molar-refractivity contribution in [3.05, 3.63) is 77.9 Å². The molecule has 1 N–H and O–H groups in total. The Bertz CT molecular complexity index is 1180. The number of carbonyl (C=O) groups excluding carboxylic acids is 2. The van der Waals surface area contributed by atoms with Crippen molar-refractivity contribution in [1.29, 1.82) is 0 Å². The van der Waals surface area contributed by atoms with Gasteiger partial charge < -0.3 is 33.7 Å². The second-order valence-electron chi connectivity index (χ2n) is 11.4. The van der Waals surface area contributed by atoms with E-state index in [0.717, 1.165) is 32.1 Å². The molecule has 0 unspecified atom stereocenters. The first kappa shape index (κ1) is 46.7. The number of nitrogens with one attached hydrogen (secondary N) is 1. The number of esters is 1. The summed E-state index contributed by atoms with van der Waals surface area (Å²) in [7, 11) is 0. The van der Waals surface area contributed by atoms with Gasteiger partial charge in [-0.05, 0) is 44.9 Å². The maximum Gasteiger partial charge on any atom is 0.313 e. The number of unbranched alkanes of at least 4 members (excludes halogenated alkanes) is 4. The Hall–Kier alpha value is -3.36. The average molecular weight is 744 g/mol. The number of ether oxygens (including phenoxy) is 6. The fourth-order valence-electron chi connectivity index (χ4n) is 4.24. The SMILES string of the molecule is CCCCC/C=C\C/C=C\C/C=C\C/C=C\CCCC(=O)NCCOCCOCCOCCOCCOCCC(=O)Oc1c(F)c(F)cc(F)c1F. The molecule has 294 valence electrons. The normalized spacial score (nSPS) is 11.9. The summed E-state index contributed by atoms with van der Waals surface area (Å²) < 4.78 is 84.5. The second-order valence-corrected chi connectivity index (χ2v) is 11.4. The summed E-state index contributed by atoms with van der Waals surface area (Å²) in [5.41, 5.74) is 0. The van der Waals surface area contributed by atoms with Crippen molar-refractivity contribution in [3.8, 4) is 5.75 Å². The zero-order valence-electron chi connectivity index (χ0n) is 30.5. The molecule has 1 amide bonds. The first-order valence-corrected chi connectivity index (χ1v) is 18.2. The predicted molar refractivity (Wildman–Crippen MR) is 192 cm³/mol. The lowest BCUT2D eigenvalue weighted by Crippen LogP contribution is -2.27. The Morgan fingerprint density at radius 2 is 1.02 bits per heavy atom. The minimum Gasteiger partial charge on any atom is -0.420 e. The molecule has 13 heteroatoms. The monoisotopic (exact) mass is 743 g/mol. The molecular formula is C39H57F4NO8. The number of hydrogen-bond donors (Lipinski definition) is 1. The van der Waals surface area contributed by atoms with Crippen LogP contribution in [-0.4, -0.2) is 84.5 Å². The molecule has 0 bridgehead atoms. The summed E-state index contributed by atoms with van der Waals surface area (Å²) in [5.74, 6) is -9.46. The fraction of sp³-hybridized carbons (Fsp3) is 0.590. The molecule has 0 spiro atoms. The van der Waals surface area contributed by atoms with Crippen LogP contribution in [0.4, 0.5) is 17.6 Å². The molecule has 0 aliphatic carbocycles. The highest BCUT2D eigenvalue weighted by Crippen LogP contribution is 2.26. The highest BCUT2D eigenvalue weighted by atomic mass is 19.2. The Morgan fingerprint density at radius 3 is 1.52 bits per heavy atom. The van der Waals surface area contributed by atoms with Crippen LogP contribution < -0.4 is 10.1 Å². The van der Waals surface area contributed by atoms with Gasteiger partial charge in [0.15, 0.2) is 11.6 Å². The number of hydrogen-bond acceptors (Lipinski definition) is 8. The molecule has 0 radical (unpaired) electrons. The average Bonchev–Trinajstić information content (AvgIpc) is 3.13. The minimum atomic E-state index is -1.79. The Labute approximate surface area is 306 Å². The third-order valence-electron chi connectivity index (χ3n) is 7.03. The van der Waals surface area contributed by atoms with Crippen LogP contribution in [0.1, 0.15) is 77.6 Å². The highest BCUT2D eigenvalue weighted by molar-refractivity contribution is 5.75. The van der Waals surface area contributed by atoms with Gasteiger partial charge in [0, 0.05) is 19.0 Å². The van der Waals surface area contributed by atoms with Gasteiger partial charge in [0.1, 0.15) is 0 Å². The van der Waals surface area contributed by atoms with Crippen LogP contribution in [0.15, 0.2) is 54.7 Å². The van der Waals surface area contributed by atoms with Gasteiger partial charge in [0.2, 0.25) is 23.3 Å². The van der Waals surface area contributed by atoms with E-state index in [4.69, 9.17) is 23.7 Å². The molecule has 9 nitrogen and oxygen atoms in total. The smallest absolute Gasteiger partial charge is 0.313 e. The molecule has 0 aromatic heterocycles. The summed E-state index contributed by atoms with van der Waals surface area (Å²) in [4.78, 5) is 23.6. The Kier molecular flexibility index (Phi) is 30.0. The van der Waals surface area contributed by atoms with Crippen molar-refractivity contribution < 1.29 is 55.6 Å². The van der Waals surface area contributed by atoms with E-state index in [0.29, 0.717) is 59.2 Å². The first-order valence-electron chi connectivity index (χ1n) is 18.2. The molecule has 0 heterocycles. The molecule has 1 aromatic rings. The van der Waals surface area contributed by atoms with E-state index in [1.165, 1.54) is 25.7 Å². The van der Waals surface area contributed by atoms with Gasteiger partial charge >= 0.3 is 5.97 Å². The van der Waals surface area contributed by atoms with E-state index in [-0.39, 0.29) is 31.8 Å². The standard InChI is InChI=1S/C39H57F4NO8/c1-2-3-4-5-6-7-8-9-10-11-12-13-14-15-16-17-18-19-35(45)44-21-23-48-25-27-50-29-31-51-30-28-49-26-24-47-22-20-36(46)52-39-37(42)33(40)32-34(41)38(39)43/h6-7,9-10,12-13,15-16,32H,2-5,8,11,14,17-31H2,1H3,(H,44,45)/b7-6-,10-9-,13-12-,16-15-. The van der Waals surface area contributed by atoms with Gasteiger partial charge in [0.05, 0.1) is 72.5 Å². The van der Waals surface area contributed by atoms with E-state index < -0.39 is 41.4 Å². The number of allylic oxidation sites excluding steroid dienone is 8. The van der Waals surface area contributed by atoms with E-state index in [9.17, 15) is 27.2 Å². The highest BCUT2D eigenvalue weighted by Gasteiger charge is 2.22. The van der Waals surface area contributed by atoms with Crippen molar-refractivity contribution >= 4 is 11.9 Å². The predicted octanol–water partition coefficient (Wildman–Crippen LogP) is 7.88. The molecule has 1 aromatic carbocycles. The van der Waals surface area contributed by atoms with Gasteiger partial charge in [-0.3, -0.25) is 9.59 Å². The molecule has 1 rings (SSSR count). The molecule has 0 fully saturated rings. The van der Waals surface area contributed by atoms with E-state index in [1.54, 1.807) is 0 Å². The van der Waals surface area contributed by atoms with Crippen LogP contribution in [0.2, 0.25) is 0 Å². The van der Waals surface area contributed by atoms with Crippen molar-refractivity contribution in [1.82, 2.24) is 5.32 Å². The van der Waals surface area contributed by atoms with Crippen LogP contribution in [0, 0.1) is 23.3 Å². The molecule has 52 heavy (non-hydrogen) atoms. The lowest BCUT2D eigenvalue weighted by molar-refractivity contribution is -0.136. The van der Waals surface area contributed by atoms with Crippen LogP contribution in [0.25, 0.3) is 0 Å². The minimum absolute atomic E-state index is 0.0162. The number of halogens is 4. The van der Waals surface area contributed by atoms with Gasteiger partial charge in [-0.25, -0.2) is 8.78 Å². The van der Waals surface area contributed by atoms with Gasteiger partial charge in [0.25, 0.3) is 0 Å². The Morgan fingerprint density at radius 1 is 0.577 bits per heavy atom. The van der Waals surface area contributed by atoms with Crippen molar-refractivity contribution in [2.24, 2.45) is 0 Å². The topological polar surface area (TPSA) is 102 Å². The maximum absolute atomic E-state index is 13.5. The molecule has 0 aliphatic rings. The summed E-state index contributed by atoms with van der Waals surface area (Å²) in [6.45, 7) is 5.45. The van der Waals surface area contributed by atoms with Crippen LogP contribution in [-0.2, 0) is 33.3 Å². The number of rotatable bonds is 33. The van der Waals surface area contributed by atoms with Crippen molar-refractivity contribution in [2.75, 3.05) is 72.6 Å². The zero-order chi connectivity index (χ0) is 37.9. The van der Waals surface area contributed by atoms with Crippen molar-refractivity contribution in [2.45, 2.75) is 77.6 Å². The zero-order valence-corrected chi connectivity index (χ0v) is 30.5. The van der Waals surface area contributed by atoms with E-state index >= 15 is 0 Å². The number of carbonyl (C=O) groups is 2.